The van der Waals surface area contributed by atoms with Crippen LogP contribution in [0.3, 0.4) is 0 Å². The number of rotatable bonds is 44. The van der Waals surface area contributed by atoms with Crippen LogP contribution in [0.1, 0.15) is 220 Å². The second kappa shape index (κ2) is 50.0. The average molecular weight is 861 g/mol. The Morgan fingerprint density at radius 2 is 0.661 bits per heavy atom. The van der Waals surface area contributed by atoms with E-state index in [1.807, 2.05) is 54.7 Å². The molecule has 0 aromatic heterocycles. The van der Waals surface area contributed by atoms with Crippen LogP contribution in [0.15, 0.2) is 97.2 Å². The quantitative estimate of drug-likeness (QED) is 0.0200. The van der Waals surface area contributed by atoms with Crippen molar-refractivity contribution in [1.82, 2.24) is 0 Å². The van der Waals surface area contributed by atoms with Crippen molar-refractivity contribution in [2.45, 2.75) is 226 Å². The zero-order valence-corrected chi connectivity index (χ0v) is 40.1. The molecule has 0 amide bonds. The molecule has 0 saturated heterocycles. The topological polar surface area (TPSA) is 78.9 Å². The summed E-state index contributed by atoms with van der Waals surface area (Å²) in [5, 5.41) is 0. The molecular weight excluding hydrogens is 769 g/mol. The van der Waals surface area contributed by atoms with Crippen LogP contribution in [0.25, 0.3) is 0 Å². The number of hydrogen-bond acceptors (Lipinski definition) is 6. The van der Waals surface area contributed by atoms with E-state index in [0.717, 1.165) is 64.2 Å². The minimum atomic E-state index is -0.819. The van der Waals surface area contributed by atoms with E-state index in [4.69, 9.17) is 14.2 Å². The highest BCUT2D eigenvalue weighted by atomic mass is 16.6. The molecule has 0 bridgehead atoms. The monoisotopic (exact) mass is 861 g/mol. The molecule has 0 N–H and O–H groups in total. The van der Waals surface area contributed by atoms with Gasteiger partial charge in [0.25, 0.3) is 0 Å². The largest absolute Gasteiger partial charge is 0.462 e. The van der Waals surface area contributed by atoms with Crippen molar-refractivity contribution in [2.24, 2.45) is 0 Å². The Balaban J connectivity index is 4.45. The van der Waals surface area contributed by atoms with Crippen LogP contribution in [-0.4, -0.2) is 37.2 Å². The standard InChI is InChI=1S/C56H92O6/c1-4-7-10-13-16-19-22-25-26-27-28-29-30-32-34-37-40-43-46-49-55(58)61-52-53(51-60-54(57)48-45-42-39-36-33-24-21-18-15-12-9-6-3)62-56(59)50-47-44-41-38-35-31-23-20-17-14-11-8-5-2/h8,11,14,16-23,25,31,35,38,41,53H,4-7,9-10,12-13,15,24,26-30,32-34,36-37,39-40,42-52H2,1-3H3/b11-8-,17-14-,19-16-,21-18-,23-20-,25-22-,35-31-,41-38-. The van der Waals surface area contributed by atoms with Crippen molar-refractivity contribution in [3.63, 3.8) is 0 Å². The number of hydrogen-bond donors (Lipinski definition) is 0. The molecule has 1 atom stereocenters. The fourth-order valence-electron chi connectivity index (χ4n) is 6.63. The van der Waals surface area contributed by atoms with E-state index in [2.05, 4.69) is 63.3 Å². The summed E-state index contributed by atoms with van der Waals surface area (Å²) in [5.74, 6) is -1.00. The summed E-state index contributed by atoms with van der Waals surface area (Å²) < 4.78 is 16.7. The van der Waals surface area contributed by atoms with E-state index < -0.39 is 6.10 Å². The molecule has 0 aromatic rings. The van der Waals surface area contributed by atoms with Crippen LogP contribution in [-0.2, 0) is 28.6 Å². The van der Waals surface area contributed by atoms with E-state index in [1.165, 1.54) is 109 Å². The molecule has 0 spiro atoms. The third kappa shape index (κ3) is 47.4. The second-order valence-electron chi connectivity index (χ2n) is 16.5. The predicted molar refractivity (Wildman–Crippen MR) is 265 cm³/mol. The van der Waals surface area contributed by atoms with Gasteiger partial charge in [0, 0.05) is 19.3 Å². The number of ether oxygens (including phenoxy) is 3. The van der Waals surface area contributed by atoms with E-state index >= 15 is 0 Å². The maximum Gasteiger partial charge on any atom is 0.306 e. The van der Waals surface area contributed by atoms with Crippen LogP contribution in [0, 0.1) is 0 Å². The summed E-state index contributed by atoms with van der Waals surface area (Å²) in [6, 6.07) is 0. The maximum absolute atomic E-state index is 12.7. The van der Waals surface area contributed by atoms with Gasteiger partial charge in [-0.15, -0.1) is 0 Å². The van der Waals surface area contributed by atoms with E-state index in [9.17, 15) is 14.4 Å². The van der Waals surface area contributed by atoms with Crippen molar-refractivity contribution in [3.8, 4) is 0 Å². The molecule has 0 heterocycles. The summed E-state index contributed by atoms with van der Waals surface area (Å²) in [4.78, 5) is 37.9. The van der Waals surface area contributed by atoms with Gasteiger partial charge in [-0.3, -0.25) is 14.4 Å². The smallest absolute Gasteiger partial charge is 0.306 e. The summed E-state index contributed by atoms with van der Waals surface area (Å²) in [5.41, 5.74) is 0. The van der Waals surface area contributed by atoms with Crippen LogP contribution >= 0.6 is 0 Å². The molecule has 0 saturated carbocycles. The molecule has 0 fully saturated rings. The zero-order valence-electron chi connectivity index (χ0n) is 40.1. The van der Waals surface area contributed by atoms with Crippen LogP contribution in [0.5, 0.6) is 0 Å². The molecule has 0 rings (SSSR count). The van der Waals surface area contributed by atoms with Crippen molar-refractivity contribution >= 4 is 17.9 Å². The Labute approximate surface area is 381 Å². The lowest BCUT2D eigenvalue weighted by Crippen LogP contribution is -2.30. The molecule has 0 aliphatic rings. The van der Waals surface area contributed by atoms with Crippen molar-refractivity contribution in [3.05, 3.63) is 97.2 Å². The summed E-state index contributed by atoms with van der Waals surface area (Å²) >= 11 is 0. The van der Waals surface area contributed by atoms with E-state index in [0.29, 0.717) is 19.3 Å². The zero-order chi connectivity index (χ0) is 45.1. The SMILES string of the molecule is CC\C=C/C=C\C=C/C=C\C=C/CCCC(=O)OC(COC(=O)CCCCCCC/C=C\CCCCC)COC(=O)CCCCCCCCCCCC/C=C\C=C/CCCCC. The molecule has 0 aromatic carbocycles. The molecule has 6 heteroatoms. The van der Waals surface area contributed by atoms with Gasteiger partial charge in [0.05, 0.1) is 0 Å². The average Bonchev–Trinajstić information content (AvgIpc) is 3.27. The highest BCUT2D eigenvalue weighted by molar-refractivity contribution is 5.71. The molecule has 0 aliphatic heterocycles. The van der Waals surface area contributed by atoms with Gasteiger partial charge in [-0.25, -0.2) is 0 Å². The summed E-state index contributed by atoms with van der Waals surface area (Å²) in [6.45, 7) is 6.36. The predicted octanol–water partition coefficient (Wildman–Crippen LogP) is 16.6. The first-order valence-electron chi connectivity index (χ1n) is 25.3. The van der Waals surface area contributed by atoms with Gasteiger partial charge in [-0.05, 0) is 83.5 Å². The van der Waals surface area contributed by atoms with Crippen LogP contribution < -0.4 is 0 Å². The molecule has 0 aliphatic carbocycles. The fourth-order valence-corrected chi connectivity index (χ4v) is 6.63. The summed E-state index contributed by atoms with van der Waals surface area (Å²) in [7, 11) is 0. The Bertz CT molecular complexity index is 1260. The molecule has 6 nitrogen and oxygen atoms in total. The molecular formula is C56H92O6. The van der Waals surface area contributed by atoms with Gasteiger partial charge >= 0.3 is 17.9 Å². The maximum atomic E-state index is 12.7. The number of esters is 3. The first-order chi connectivity index (χ1) is 30.5. The van der Waals surface area contributed by atoms with Gasteiger partial charge in [-0.1, -0.05) is 214 Å². The third-order valence-corrected chi connectivity index (χ3v) is 10.4. The fraction of sp³-hybridized carbons (Fsp3) is 0.661. The number of allylic oxidation sites excluding steroid dienone is 16. The molecule has 0 radical (unpaired) electrons. The Hall–Kier alpha value is -3.67. The minimum Gasteiger partial charge on any atom is -0.462 e. The third-order valence-electron chi connectivity index (χ3n) is 10.4. The highest BCUT2D eigenvalue weighted by Crippen LogP contribution is 2.14. The lowest BCUT2D eigenvalue weighted by atomic mass is 10.1. The molecule has 352 valence electrons. The number of carbonyl (C=O) groups is 3. The van der Waals surface area contributed by atoms with Gasteiger partial charge in [0.1, 0.15) is 13.2 Å². The molecule has 1 unspecified atom stereocenters. The lowest BCUT2D eigenvalue weighted by molar-refractivity contribution is -0.167. The number of unbranched alkanes of at least 4 members (excludes halogenated alkanes) is 22. The first kappa shape index (κ1) is 58.3. The van der Waals surface area contributed by atoms with Crippen molar-refractivity contribution in [1.29, 1.82) is 0 Å². The second-order valence-corrected chi connectivity index (χ2v) is 16.5. The Kier molecular flexibility index (Phi) is 47.0. The number of carbonyl (C=O) groups excluding carboxylic acids is 3. The normalized spacial score (nSPS) is 12.9. The van der Waals surface area contributed by atoms with Crippen LogP contribution in [0.4, 0.5) is 0 Å². The Morgan fingerprint density at radius 1 is 0.339 bits per heavy atom. The van der Waals surface area contributed by atoms with Crippen molar-refractivity contribution in [2.75, 3.05) is 13.2 Å². The van der Waals surface area contributed by atoms with Gasteiger partial charge in [0.2, 0.25) is 0 Å². The van der Waals surface area contributed by atoms with E-state index in [1.54, 1.807) is 0 Å². The lowest BCUT2D eigenvalue weighted by Gasteiger charge is -2.18. The van der Waals surface area contributed by atoms with Crippen molar-refractivity contribution < 1.29 is 28.6 Å². The van der Waals surface area contributed by atoms with Gasteiger partial charge in [0.15, 0.2) is 6.10 Å². The molecule has 62 heavy (non-hydrogen) atoms. The van der Waals surface area contributed by atoms with Crippen LogP contribution in [0.2, 0.25) is 0 Å². The highest BCUT2D eigenvalue weighted by Gasteiger charge is 2.19. The van der Waals surface area contributed by atoms with Gasteiger partial charge in [-0.2, -0.15) is 0 Å². The summed E-state index contributed by atoms with van der Waals surface area (Å²) in [6.07, 6.45) is 65.4. The van der Waals surface area contributed by atoms with E-state index in [-0.39, 0.29) is 37.5 Å². The van der Waals surface area contributed by atoms with Gasteiger partial charge < -0.3 is 14.2 Å². The first-order valence-corrected chi connectivity index (χ1v) is 25.3. The minimum absolute atomic E-state index is 0.111. The Morgan fingerprint density at radius 3 is 1.10 bits per heavy atom.